The number of nitrogen functional groups attached to an aromatic ring is 1. The summed E-state index contributed by atoms with van der Waals surface area (Å²) in [6.45, 7) is 3.64. The summed E-state index contributed by atoms with van der Waals surface area (Å²) < 4.78 is 68.2. The zero-order valence-corrected chi connectivity index (χ0v) is 18.1. The van der Waals surface area contributed by atoms with E-state index in [1.165, 1.54) is 6.21 Å². The Hall–Kier alpha value is -2.97. The maximum atomic E-state index is 12.9. The Bertz CT molecular complexity index is 878. The molecule has 2 aromatic rings. The average Bonchev–Trinajstić information content (AvgIpc) is 2.72. The number of anilines is 1. The van der Waals surface area contributed by atoms with Crippen LogP contribution in [0.4, 0.5) is 27.6 Å². The lowest BCUT2D eigenvalue weighted by atomic mass is 9.74. The van der Waals surface area contributed by atoms with Crippen molar-refractivity contribution in [2.75, 3.05) is 12.8 Å². The van der Waals surface area contributed by atoms with Crippen molar-refractivity contribution < 1.29 is 31.5 Å². The summed E-state index contributed by atoms with van der Waals surface area (Å²) in [5.41, 5.74) is 5.70. The van der Waals surface area contributed by atoms with E-state index in [2.05, 4.69) is 4.74 Å². The maximum absolute atomic E-state index is 12.9. The van der Waals surface area contributed by atoms with Crippen molar-refractivity contribution in [2.24, 2.45) is 0 Å². The Morgan fingerprint density at radius 1 is 1.12 bits per heavy atom. The van der Waals surface area contributed by atoms with Crippen LogP contribution in [0.2, 0.25) is 0 Å². The van der Waals surface area contributed by atoms with E-state index < -0.39 is 36.0 Å². The van der Waals surface area contributed by atoms with Gasteiger partial charge in [0.05, 0.1) is 18.1 Å². The number of esters is 1. The molecule has 0 fully saturated rings. The number of hydrogen-bond donors (Lipinski definition) is 2. The first-order valence-corrected chi connectivity index (χ1v) is 9.82. The van der Waals surface area contributed by atoms with Crippen molar-refractivity contribution in [2.45, 2.75) is 51.1 Å². The standard InChI is InChI=1S/C15H17F5O2.C8H10N2/c1-3-8-14(9-12(16)17,13(21)22-2)10-4-6-11(7-5-10)15(18,19)20;1-6-3-2-4-8(10)7(6)5-9/h4-7,12H,3,8-9H2,1-2H3;2-5,9H,10H2,1H3. The van der Waals surface area contributed by atoms with Crippen LogP contribution in [0, 0.1) is 12.3 Å². The summed E-state index contributed by atoms with van der Waals surface area (Å²) in [5.74, 6) is -0.866. The topological polar surface area (TPSA) is 76.2 Å². The van der Waals surface area contributed by atoms with Crippen LogP contribution >= 0.6 is 0 Å². The van der Waals surface area contributed by atoms with Gasteiger partial charge in [0, 0.05) is 23.9 Å². The van der Waals surface area contributed by atoms with Crippen LogP contribution in [0.3, 0.4) is 0 Å². The molecule has 0 radical (unpaired) electrons. The van der Waals surface area contributed by atoms with Gasteiger partial charge in [-0.2, -0.15) is 13.2 Å². The van der Waals surface area contributed by atoms with Crippen molar-refractivity contribution in [3.05, 3.63) is 64.7 Å². The van der Waals surface area contributed by atoms with Gasteiger partial charge in [-0.25, -0.2) is 8.78 Å². The van der Waals surface area contributed by atoms with Gasteiger partial charge >= 0.3 is 12.1 Å². The quantitative estimate of drug-likeness (QED) is 0.226. The van der Waals surface area contributed by atoms with Crippen LogP contribution in [-0.2, 0) is 21.1 Å². The van der Waals surface area contributed by atoms with E-state index in [0.717, 1.165) is 42.5 Å². The summed E-state index contributed by atoms with van der Waals surface area (Å²) in [6.07, 6.45) is -6.35. The number of ether oxygens (including phenoxy) is 1. The number of alkyl halides is 5. The fourth-order valence-corrected chi connectivity index (χ4v) is 3.43. The third-order valence-electron chi connectivity index (χ3n) is 5.02. The molecule has 2 rings (SSSR count). The highest BCUT2D eigenvalue weighted by Gasteiger charge is 2.43. The molecule has 1 unspecified atom stereocenters. The number of carbonyl (C=O) groups is 1. The lowest BCUT2D eigenvalue weighted by Gasteiger charge is -2.31. The SMILES string of the molecule is CCCC(CC(F)F)(C(=O)OC)c1ccc(C(F)(F)F)cc1.Cc1cccc(N)c1C=N. The number of hydrogen-bond acceptors (Lipinski definition) is 4. The van der Waals surface area contributed by atoms with E-state index >= 15 is 0 Å². The zero-order valence-electron chi connectivity index (χ0n) is 18.1. The van der Waals surface area contributed by atoms with E-state index in [-0.39, 0.29) is 12.0 Å². The smallest absolute Gasteiger partial charge is 0.416 e. The number of halogens is 5. The van der Waals surface area contributed by atoms with Gasteiger partial charge in [0.2, 0.25) is 6.43 Å². The lowest BCUT2D eigenvalue weighted by molar-refractivity contribution is -0.150. The van der Waals surface area contributed by atoms with E-state index in [4.69, 9.17) is 11.1 Å². The van der Waals surface area contributed by atoms with Crippen molar-refractivity contribution in [3.63, 3.8) is 0 Å². The number of methoxy groups -OCH3 is 1. The van der Waals surface area contributed by atoms with Crippen LogP contribution in [0.5, 0.6) is 0 Å². The molecule has 0 aromatic heterocycles. The van der Waals surface area contributed by atoms with Crippen molar-refractivity contribution >= 4 is 17.9 Å². The molecule has 0 bridgehead atoms. The fraction of sp³-hybridized carbons (Fsp3) is 0.391. The number of carbonyl (C=O) groups excluding carboxylic acids is 1. The first-order chi connectivity index (χ1) is 14.9. The Morgan fingerprint density at radius 3 is 2.06 bits per heavy atom. The average molecular weight is 458 g/mol. The predicted molar refractivity (Wildman–Crippen MR) is 114 cm³/mol. The molecule has 176 valence electrons. The van der Waals surface area contributed by atoms with Crippen LogP contribution in [0.1, 0.15) is 48.4 Å². The Kier molecular flexibility index (Phi) is 9.80. The minimum absolute atomic E-state index is 0.0649. The summed E-state index contributed by atoms with van der Waals surface area (Å²) in [6, 6.07) is 9.33. The van der Waals surface area contributed by atoms with Gasteiger partial charge in [-0.15, -0.1) is 0 Å². The van der Waals surface area contributed by atoms with E-state index in [9.17, 15) is 26.7 Å². The molecule has 0 aliphatic heterocycles. The van der Waals surface area contributed by atoms with Gasteiger partial charge in [-0.05, 0) is 42.7 Å². The molecule has 2 aromatic carbocycles. The molecule has 1 atom stereocenters. The normalized spacial score (nSPS) is 13.0. The largest absolute Gasteiger partial charge is 0.468 e. The molecule has 4 nitrogen and oxygen atoms in total. The second-order valence-electron chi connectivity index (χ2n) is 7.22. The van der Waals surface area contributed by atoms with Gasteiger partial charge in [0.25, 0.3) is 0 Å². The molecule has 0 heterocycles. The number of nitrogens with two attached hydrogens (primary N) is 1. The van der Waals surface area contributed by atoms with Crippen LogP contribution < -0.4 is 5.73 Å². The fourth-order valence-electron chi connectivity index (χ4n) is 3.43. The van der Waals surface area contributed by atoms with Crippen LogP contribution in [0.15, 0.2) is 42.5 Å². The van der Waals surface area contributed by atoms with Gasteiger partial charge in [0.1, 0.15) is 0 Å². The molecule has 0 spiro atoms. The van der Waals surface area contributed by atoms with Gasteiger partial charge in [0.15, 0.2) is 0 Å². The van der Waals surface area contributed by atoms with Crippen molar-refractivity contribution in [3.8, 4) is 0 Å². The predicted octanol–water partition coefficient (Wildman–Crippen LogP) is 6.15. The maximum Gasteiger partial charge on any atom is 0.416 e. The molecule has 3 N–H and O–H groups in total. The monoisotopic (exact) mass is 458 g/mol. The first-order valence-electron chi connectivity index (χ1n) is 9.82. The van der Waals surface area contributed by atoms with E-state index in [1.54, 1.807) is 13.0 Å². The Morgan fingerprint density at radius 2 is 1.69 bits per heavy atom. The van der Waals surface area contributed by atoms with Crippen molar-refractivity contribution in [1.82, 2.24) is 0 Å². The summed E-state index contributed by atoms with van der Waals surface area (Å²) in [7, 11) is 1.07. The second-order valence-corrected chi connectivity index (χ2v) is 7.22. The van der Waals surface area contributed by atoms with Crippen molar-refractivity contribution in [1.29, 1.82) is 5.41 Å². The number of benzene rings is 2. The molecule has 0 saturated carbocycles. The molecule has 0 saturated heterocycles. The van der Waals surface area contributed by atoms with E-state index in [1.807, 2.05) is 19.1 Å². The van der Waals surface area contributed by atoms with Crippen LogP contribution in [-0.4, -0.2) is 25.7 Å². The molecular weight excluding hydrogens is 431 g/mol. The van der Waals surface area contributed by atoms with Gasteiger partial charge < -0.3 is 15.9 Å². The Balaban J connectivity index is 0.000000425. The highest BCUT2D eigenvalue weighted by atomic mass is 19.4. The highest BCUT2D eigenvalue weighted by Crippen LogP contribution is 2.38. The summed E-state index contributed by atoms with van der Waals surface area (Å²) in [5, 5.41) is 7.02. The molecule has 9 heteroatoms. The first kappa shape index (κ1) is 27.1. The van der Waals surface area contributed by atoms with Gasteiger partial charge in [-0.1, -0.05) is 37.6 Å². The summed E-state index contributed by atoms with van der Waals surface area (Å²) in [4.78, 5) is 12.1. The minimum Gasteiger partial charge on any atom is -0.468 e. The third-order valence-corrected chi connectivity index (χ3v) is 5.02. The minimum atomic E-state index is -4.53. The third kappa shape index (κ3) is 6.77. The number of aryl methyl sites for hydroxylation is 1. The second kappa shape index (κ2) is 11.6. The molecule has 0 amide bonds. The molecular formula is C23H27F5N2O2. The lowest BCUT2D eigenvalue weighted by Crippen LogP contribution is -2.39. The Labute approximate surface area is 184 Å². The molecule has 0 aliphatic carbocycles. The van der Waals surface area contributed by atoms with Crippen LogP contribution in [0.25, 0.3) is 0 Å². The highest BCUT2D eigenvalue weighted by molar-refractivity contribution is 5.86. The molecule has 32 heavy (non-hydrogen) atoms. The molecule has 0 aliphatic rings. The zero-order chi connectivity index (χ0) is 24.5. The van der Waals surface area contributed by atoms with E-state index in [0.29, 0.717) is 12.1 Å². The summed E-state index contributed by atoms with van der Waals surface area (Å²) >= 11 is 0. The number of nitrogens with one attached hydrogen (secondary N) is 1. The number of rotatable bonds is 7. The van der Waals surface area contributed by atoms with Gasteiger partial charge in [-0.3, -0.25) is 4.79 Å².